The first-order valence-corrected chi connectivity index (χ1v) is 11.5. The zero-order valence-electron chi connectivity index (χ0n) is 19.5. The molecule has 1 aliphatic heterocycles. The second kappa shape index (κ2) is 8.46. The first kappa shape index (κ1) is 23.8. The summed E-state index contributed by atoms with van der Waals surface area (Å²) in [5.41, 5.74) is 5.63. The Morgan fingerprint density at radius 2 is 1.94 bits per heavy atom. The van der Waals surface area contributed by atoms with Crippen LogP contribution in [0.5, 0.6) is 0 Å². The van der Waals surface area contributed by atoms with Gasteiger partial charge in [-0.2, -0.15) is 0 Å². The molecule has 182 valence electrons. The van der Waals surface area contributed by atoms with Crippen molar-refractivity contribution in [1.82, 2.24) is 24.8 Å². The van der Waals surface area contributed by atoms with E-state index in [0.717, 1.165) is 12.8 Å². The van der Waals surface area contributed by atoms with Gasteiger partial charge < -0.3 is 31.1 Å². The molecule has 2 unspecified atom stereocenters. The first-order chi connectivity index (χ1) is 15.5. The third-order valence-electron chi connectivity index (χ3n) is 7.02. The molecule has 33 heavy (non-hydrogen) atoms. The molecule has 4 atom stereocenters. The highest BCUT2D eigenvalue weighted by Gasteiger charge is 2.48. The van der Waals surface area contributed by atoms with E-state index in [2.05, 4.69) is 41.0 Å². The summed E-state index contributed by atoms with van der Waals surface area (Å²) in [4.78, 5) is 25.4. The van der Waals surface area contributed by atoms with Crippen molar-refractivity contribution in [1.29, 1.82) is 0 Å². The maximum atomic E-state index is 12.2. The van der Waals surface area contributed by atoms with Crippen LogP contribution in [0.15, 0.2) is 6.33 Å². The van der Waals surface area contributed by atoms with Crippen LogP contribution in [0.3, 0.4) is 0 Å². The number of carbonyl (C=O) groups excluding carboxylic acids is 1. The number of carbonyl (C=O) groups is 1. The maximum Gasteiger partial charge on any atom is 0.252 e. The molecule has 2 aliphatic rings. The molecule has 1 saturated heterocycles. The summed E-state index contributed by atoms with van der Waals surface area (Å²) in [7, 11) is 0. The average molecular weight is 463 g/mol. The van der Waals surface area contributed by atoms with Crippen LogP contribution in [0.25, 0.3) is 11.2 Å². The predicted octanol–water partition coefficient (Wildman–Crippen LogP) is 0.588. The summed E-state index contributed by atoms with van der Waals surface area (Å²) in [5.74, 6) is 0.276. The summed E-state index contributed by atoms with van der Waals surface area (Å²) in [6.45, 7) is 8.73. The number of nitrogen functional groups attached to an aromatic ring is 1. The monoisotopic (exact) mass is 462 g/mol. The molecule has 3 heterocycles. The van der Waals surface area contributed by atoms with Crippen molar-refractivity contribution < 1.29 is 24.9 Å². The van der Waals surface area contributed by atoms with Crippen LogP contribution in [0, 0.1) is 11.3 Å². The molecule has 0 radical (unpaired) electrons. The lowest BCUT2D eigenvalue weighted by molar-refractivity contribution is -0.137. The van der Waals surface area contributed by atoms with Crippen LogP contribution in [0.1, 0.15) is 65.4 Å². The van der Waals surface area contributed by atoms with Gasteiger partial charge in [-0.3, -0.25) is 9.36 Å². The summed E-state index contributed by atoms with van der Waals surface area (Å²) < 4.78 is 7.13. The Bertz CT molecular complexity index is 1030. The van der Waals surface area contributed by atoms with Gasteiger partial charge in [-0.25, -0.2) is 15.0 Å². The lowest BCUT2D eigenvalue weighted by Crippen LogP contribution is -2.42. The van der Waals surface area contributed by atoms with E-state index < -0.39 is 36.0 Å². The van der Waals surface area contributed by atoms with Crippen LogP contribution in [-0.4, -0.2) is 65.6 Å². The zero-order valence-corrected chi connectivity index (χ0v) is 19.5. The number of nitrogens with two attached hydrogens (primary N) is 1. The molecular weight excluding hydrogens is 428 g/mol. The quantitative estimate of drug-likeness (QED) is 0.436. The normalized spacial score (nSPS) is 32.9. The van der Waals surface area contributed by atoms with Gasteiger partial charge in [0.15, 0.2) is 29.6 Å². The number of nitrogens with zero attached hydrogens (tertiary/aromatic N) is 4. The van der Waals surface area contributed by atoms with E-state index in [-0.39, 0.29) is 28.2 Å². The number of nitrogens with one attached hydrogen (secondary N) is 1. The lowest BCUT2D eigenvalue weighted by atomic mass is 9.68. The van der Waals surface area contributed by atoms with Crippen LogP contribution in [0.4, 0.5) is 5.82 Å². The van der Waals surface area contributed by atoms with Gasteiger partial charge in [0.25, 0.3) is 5.91 Å². The molecule has 2 fully saturated rings. The molecule has 6 N–H and O–H groups in total. The molecular formula is C22H34N6O5. The Morgan fingerprint density at radius 1 is 1.27 bits per heavy atom. The Balaban J connectivity index is 1.66. The fraction of sp³-hybridized carbons (Fsp3) is 0.727. The third kappa shape index (κ3) is 4.18. The molecule has 0 bridgehead atoms. The standard InChI is InChI=1S/C22H34N6O5/c1-5-24-18(31)15-13(29)14(30)19(33-15)28-10-25-12-16(23)26-20(27-17(12)28)22(32)8-6-11(7-9-22)21(2,3)4/h10-11,13-15,19,29-30,32H,5-9H2,1-4H3,(H,24,31)(H2,23,26,27)/t11?,13?,14?,15-,19+,22?/m0/s1. The van der Waals surface area contributed by atoms with Gasteiger partial charge in [-0.05, 0) is 43.9 Å². The number of anilines is 1. The van der Waals surface area contributed by atoms with E-state index in [4.69, 9.17) is 10.5 Å². The van der Waals surface area contributed by atoms with Crippen molar-refractivity contribution >= 4 is 22.9 Å². The number of likely N-dealkylation sites (N-methyl/N-ethyl adjacent to an activating group) is 1. The number of hydrogen-bond donors (Lipinski definition) is 5. The Hall–Kier alpha value is -2.34. The number of aliphatic hydroxyl groups excluding tert-OH is 2. The second-order valence-corrected chi connectivity index (χ2v) is 10.3. The highest BCUT2D eigenvalue weighted by molar-refractivity contribution is 5.83. The number of aromatic nitrogens is 4. The van der Waals surface area contributed by atoms with E-state index in [9.17, 15) is 20.1 Å². The number of rotatable bonds is 4. The number of amides is 1. The third-order valence-corrected chi connectivity index (χ3v) is 7.02. The summed E-state index contributed by atoms with van der Waals surface area (Å²) in [6, 6.07) is 0. The van der Waals surface area contributed by atoms with Gasteiger partial charge in [0.2, 0.25) is 0 Å². The van der Waals surface area contributed by atoms with Gasteiger partial charge in [0, 0.05) is 6.54 Å². The number of aliphatic hydroxyl groups is 3. The highest BCUT2D eigenvalue weighted by atomic mass is 16.6. The van der Waals surface area contributed by atoms with Crippen molar-refractivity contribution in [3.05, 3.63) is 12.2 Å². The zero-order chi connectivity index (χ0) is 24.1. The minimum Gasteiger partial charge on any atom is -0.387 e. The smallest absolute Gasteiger partial charge is 0.252 e. The lowest BCUT2D eigenvalue weighted by Gasteiger charge is -2.40. The Morgan fingerprint density at radius 3 is 2.55 bits per heavy atom. The fourth-order valence-electron chi connectivity index (χ4n) is 4.90. The molecule has 1 aliphatic carbocycles. The van der Waals surface area contributed by atoms with Gasteiger partial charge in [0.1, 0.15) is 23.3 Å². The van der Waals surface area contributed by atoms with Gasteiger partial charge >= 0.3 is 0 Å². The molecule has 2 aromatic rings. The van der Waals surface area contributed by atoms with E-state index in [1.54, 1.807) is 6.92 Å². The topological polar surface area (TPSA) is 169 Å². The molecule has 1 saturated carbocycles. The average Bonchev–Trinajstić information content (AvgIpc) is 3.29. The largest absolute Gasteiger partial charge is 0.387 e. The molecule has 1 amide bonds. The predicted molar refractivity (Wildman–Crippen MR) is 120 cm³/mol. The van der Waals surface area contributed by atoms with Crippen molar-refractivity contribution in [2.24, 2.45) is 11.3 Å². The summed E-state index contributed by atoms with van der Waals surface area (Å²) >= 11 is 0. The minimum atomic E-state index is -1.42. The second-order valence-electron chi connectivity index (χ2n) is 10.3. The summed E-state index contributed by atoms with van der Waals surface area (Å²) in [5, 5.41) is 34.9. The van der Waals surface area contributed by atoms with E-state index in [1.165, 1.54) is 10.9 Å². The molecule has 0 aromatic carbocycles. The van der Waals surface area contributed by atoms with Crippen LogP contribution >= 0.6 is 0 Å². The minimum absolute atomic E-state index is 0.105. The summed E-state index contributed by atoms with van der Waals surface area (Å²) in [6.07, 6.45) is -1.08. The Kier molecular flexibility index (Phi) is 6.10. The Labute approximate surface area is 192 Å². The highest BCUT2D eigenvalue weighted by Crippen LogP contribution is 2.45. The van der Waals surface area contributed by atoms with Gasteiger partial charge in [-0.1, -0.05) is 20.8 Å². The molecule has 0 spiro atoms. The fourth-order valence-corrected chi connectivity index (χ4v) is 4.90. The maximum absolute atomic E-state index is 12.2. The molecule has 11 nitrogen and oxygen atoms in total. The van der Waals surface area contributed by atoms with Gasteiger partial charge in [0.05, 0.1) is 6.33 Å². The van der Waals surface area contributed by atoms with Gasteiger partial charge in [-0.15, -0.1) is 0 Å². The van der Waals surface area contributed by atoms with E-state index >= 15 is 0 Å². The SMILES string of the molecule is CCNC(=O)[C@H]1O[C@@H](n2cnc3c(N)nc(C4(O)CCC(C(C)(C)C)CC4)nc32)C(O)C1O. The first-order valence-electron chi connectivity index (χ1n) is 11.5. The van der Waals surface area contributed by atoms with Crippen molar-refractivity contribution in [3.63, 3.8) is 0 Å². The van der Waals surface area contributed by atoms with Crippen LogP contribution in [0.2, 0.25) is 0 Å². The van der Waals surface area contributed by atoms with E-state index in [0.29, 0.717) is 25.3 Å². The number of hydrogen-bond acceptors (Lipinski definition) is 9. The van der Waals surface area contributed by atoms with Crippen molar-refractivity contribution in [2.75, 3.05) is 12.3 Å². The number of ether oxygens (including phenoxy) is 1. The molecule has 2 aromatic heterocycles. The van der Waals surface area contributed by atoms with Crippen LogP contribution in [-0.2, 0) is 15.1 Å². The molecule has 11 heteroatoms. The van der Waals surface area contributed by atoms with E-state index in [1.807, 2.05) is 0 Å². The molecule has 4 rings (SSSR count). The van der Waals surface area contributed by atoms with Crippen molar-refractivity contribution in [3.8, 4) is 0 Å². The number of imidazole rings is 1. The van der Waals surface area contributed by atoms with Crippen molar-refractivity contribution in [2.45, 2.75) is 83.5 Å². The number of fused-ring (bicyclic) bond motifs is 1. The van der Waals surface area contributed by atoms with Crippen LogP contribution < -0.4 is 11.1 Å².